The van der Waals surface area contributed by atoms with Crippen LogP contribution >= 0.6 is 0 Å². The largest absolute Gasteiger partial charge is 0.435 e. The predicted octanol–water partition coefficient (Wildman–Crippen LogP) is 8.02. The highest BCUT2D eigenvalue weighted by atomic mass is 19.3. The summed E-state index contributed by atoms with van der Waals surface area (Å²) in [5.74, 6) is 4.06. The lowest BCUT2D eigenvalue weighted by Gasteiger charge is -2.46. The zero-order chi connectivity index (χ0) is 23.2. The summed E-state index contributed by atoms with van der Waals surface area (Å²) in [5, 5.41) is 0. The first-order valence-electron chi connectivity index (χ1n) is 13.3. The van der Waals surface area contributed by atoms with Gasteiger partial charge in [0.25, 0.3) is 0 Å². The fourth-order valence-electron chi connectivity index (χ4n) is 7.04. The Labute approximate surface area is 197 Å². The van der Waals surface area contributed by atoms with E-state index in [9.17, 15) is 13.6 Å². The molecule has 0 bridgehead atoms. The lowest BCUT2D eigenvalue weighted by atomic mass is 9.59. The van der Waals surface area contributed by atoms with Gasteiger partial charge in [-0.2, -0.15) is 8.78 Å². The van der Waals surface area contributed by atoms with E-state index in [1.807, 2.05) is 0 Å². The van der Waals surface area contributed by atoms with Crippen molar-refractivity contribution >= 4 is 5.97 Å². The van der Waals surface area contributed by atoms with Crippen LogP contribution in [0.2, 0.25) is 0 Å². The van der Waals surface area contributed by atoms with Gasteiger partial charge in [-0.05, 0) is 92.4 Å². The average molecular weight is 463 g/mol. The molecule has 0 saturated heterocycles. The van der Waals surface area contributed by atoms with E-state index < -0.39 is 6.61 Å². The van der Waals surface area contributed by atoms with Gasteiger partial charge in [0.1, 0.15) is 11.5 Å². The van der Waals surface area contributed by atoms with Gasteiger partial charge < -0.3 is 9.47 Å². The Morgan fingerprint density at radius 2 is 1.61 bits per heavy atom. The molecule has 0 amide bonds. The summed E-state index contributed by atoms with van der Waals surface area (Å²) in [6, 6.07) is 5.90. The van der Waals surface area contributed by atoms with Crippen molar-refractivity contribution in [2.24, 2.45) is 35.5 Å². The van der Waals surface area contributed by atoms with E-state index in [0.717, 1.165) is 37.0 Å². The van der Waals surface area contributed by atoms with Crippen molar-refractivity contribution < 1.29 is 23.0 Å². The Morgan fingerprint density at radius 3 is 2.30 bits per heavy atom. The number of carbonyl (C=O) groups is 1. The fraction of sp³-hybridized carbons (Fsp3) is 0.750. The normalized spacial score (nSPS) is 32.2. The smallest absolute Gasteiger partial charge is 0.387 e. The molecule has 0 N–H and O–H groups in total. The van der Waals surface area contributed by atoms with E-state index >= 15 is 0 Å². The summed E-state index contributed by atoms with van der Waals surface area (Å²) in [5.41, 5.74) is 0. The molecule has 0 aliphatic heterocycles. The molecule has 5 heteroatoms. The van der Waals surface area contributed by atoms with Crippen LogP contribution in [-0.4, -0.2) is 12.6 Å². The molecule has 3 aliphatic rings. The van der Waals surface area contributed by atoms with Gasteiger partial charge in [0, 0.05) is 0 Å². The van der Waals surface area contributed by atoms with Crippen LogP contribution in [0.5, 0.6) is 11.5 Å². The number of benzene rings is 1. The Morgan fingerprint density at radius 1 is 0.909 bits per heavy atom. The Bertz CT molecular complexity index is 742. The maximum atomic E-state index is 13.0. The van der Waals surface area contributed by atoms with Crippen molar-refractivity contribution in [1.82, 2.24) is 0 Å². The average Bonchev–Trinajstić information content (AvgIpc) is 2.83. The third kappa shape index (κ3) is 6.48. The van der Waals surface area contributed by atoms with Gasteiger partial charge in [0.2, 0.25) is 0 Å². The highest BCUT2D eigenvalue weighted by molar-refractivity contribution is 5.75. The van der Waals surface area contributed by atoms with Crippen molar-refractivity contribution in [3.8, 4) is 11.5 Å². The van der Waals surface area contributed by atoms with Crippen molar-refractivity contribution in [2.45, 2.75) is 97.0 Å². The molecule has 184 valence electrons. The quantitative estimate of drug-likeness (QED) is 0.290. The lowest BCUT2D eigenvalue weighted by molar-refractivity contribution is -0.144. The number of hydrogen-bond acceptors (Lipinski definition) is 3. The second kappa shape index (κ2) is 11.7. The number of carbonyl (C=O) groups excluding carboxylic acids is 1. The molecule has 3 fully saturated rings. The minimum atomic E-state index is -2.86. The van der Waals surface area contributed by atoms with Crippen LogP contribution in [0.3, 0.4) is 0 Å². The van der Waals surface area contributed by atoms with Gasteiger partial charge in [-0.3, -0.25) is 4.79 Å². The third-order valence-electron chi connectivity index (χ3n) is 8.78. The van der Waals surface area contributed by atoms with Gasteiger partial charge in [0.15, 0.2) is 0 Å². The molecule has 0 heterocycles. The van der Waals surface area contributed by atoms with E-state index in [1.54, 1.807) is 0 Å². The van der Waals surface area contributed by atoms with Crippen LogP contribution in [0, 0.1) is 35.5 Å². The predicted molar refractivity (Wildman–Crippen MR) is 125 cm³/mol. The number of halogens is 2. The standard InChI is InChI=1S/C28H40F2O3/c1-2-3-5-19-8-10-20(11-9-19)21-12-17-25-22(18-21)6-4-7-26(25)27(31)32-23-13-15-24(16-14-23)33-28(29)30/h13-16,19-22,25-26,28H,2-12,17-18H2,1H3. The van der Waals surface area contributed by atoms with Crippen LogP contribution in [0.15, 0.2) is 24.3 Å². The Hall–Kier alpha value is -1.65. The molecule has 4 unspecified atom stereocenters. The van der Waals surface area contributed by atoms with E-state index in [-0.39, 0.29) is 17.6 Å². The summed E-state index contributed by atoms with van der Waals surface area (Å²) in [6.45, 7) is -0.567. The van der Waals surface area contributed by atoms with Crippen molar-refractivity contribution in [3.05, 3.63) is 24.3 Å². The third-order valence-corrected chi connectivity index (χ3v) is 8.78. The molecule has 4 atom stereocenters. The Balaban J connectivity index is 1.28. The summed E-state index contributed by atoms with van der Waals surface area (Å²) in [7, 11) is 0. The zero-order valence-corrected chi connectivity index (χ0v) is 20.0. The second-order valence-corrected chi connectivity index (χ2v) is 10.7. The molecular formula is C28H40F2O3. The number of alkyl halides is 2. The van der Waals surface area contributed by atoms with Gasteiger partial charge in [-0.1, -0.05) is 51.9 Å². The minimum Gasteiger partial charge on any atom is -0.435 e. The molecule has 1 aromatic rings. The summed E-state index contributed by atoms with van der Waals surface area (Å²) in [6.07, 6.45) is 16.7. The maximum absolute atomic E-state index is 13.0. The number of rotatable bonds is 8. The van der Waals surface area contributed by atoms with Crippen LogP contribution in [0.4, 0.5) is 8.78 Å². The number of ether oxygens (including phenoxy) is 2. The molecule has 3 aliphatic carbocycles. The first kappa shape index (κ1) is 24.5. The van der Waals surface area contributed by atoms with Crippen LogP contribution in [-0.2, 0) is 4.79 Å². The van der Waals surface area contributed by atoms with E-state index in [1.165, 1.54) is 88.5 Å². The minimum absolute atomic E-state index is 0.0357. The van der Waals surface area contributed by atoms with Gasteiger partial charge >= 0.3 is 12.6 Å². The molecule has 3 nitrogen and oxygen atoms in total. The highest BCUT2D eigenvalue weighted by Crippen LogP contribution is 2.50. The highest BCUT2D eigenvalue weighted by Gasteiger charge is 2.43. The molecular weight excluding hydrogens is 422 g/mol. The molecule has 4 rings (SSSR count). The summed E-state index contributed by atoms with van der Waals surface area (Å²) in [4.78, 5) is 13.0. The number of hydrogen-bond donors (Lipinski definition) is 0. The van der Waals surface area contributed by atoms with Crippen molar-refractivity contribution in [2.75, 3.05) is 0 Å². The molecule has 0 radical (unpaired) electrons. The summed E-state index contributed by atoms with van der Waals surface area (Å²) < 4.78 is 34.7. The fourth-order valence-corrected chi connectivity index (χ4v) is 7.04. The van der Waals surface area contributed by atoms with Crippen LogP contribution in [0.1, 0.15) is 90.4 Å². The molecule has 0 spiro atoms. The molecule has 1 aromatic carbocycles. The van der Waals surface area contributed by atoms with Crippen molar-refractivity contribution in [1.29, 1.82) is 0 Å². The van der Waals surface area contributed by atoms with Gasteiger partial charge in [0.05, 0.1) is 5.92 Å². The summed E-state index contributed by atoms with van der Waals surface area (Å²) >= 11 is 0. The van der Waals surface area contributed by atoms with Gasteiger partial charge in [-0.15, -0.1) is 0 Å². The first-order valence-corrected chi connectivity index (χ1v) is 13.3. The number of esters is 1. The Kier molecular flexibility index (Phi) is 8.65. The first-order chi connectivity index (χ1) is 16.0. The topological polar surface area (TPSA) is 35.5 Å². The van der Waals surface area contributed by atoms with E-state index in [0.29, 0.717) is 17.6 Å². The molecule has 33 heavy (non-hydrogen) atoms. The molecule has 3 saturated carbocycles. The zero-order valence-electron chi connectivity index (χ0n) is 20.0. The lowest BCUT2D eigenvalue weighted by Crippen LogP contribution is -2.40. The SMILES string of the molecule is CCCCC1CCC(C2CCC3C(CCCC3C(=O)Oc3ccc(OC(F)F)cc3)C2)CC1. The van der Waals surface area contributed by atoms with E-state index in [2.05, 4.69) is 11.7 Å². The number of unbranched alkanes of at least 4 members (excludes halogenated alkanes) is 1. The van der Waals surface area contributed by atoms with Gasteiger partial charge in [-0.25, -0.2) is 0 Å². The second-order valence-electron chi connectivity index (χ2n) is 10.7. The van der Waals surface area contributed by atoms with E-state index in [4.69, 9.17) is 4.74 Å². The number of fused-ring (bicyclic) bond motifs is 1. The van der Waals surface area contributed by atoms with Crippen molar-refractivity contribution in [3.63, 3.8) is 0 Å². The van der Waals surface area contributed by atoms with Crippen LogP contribution < -0.4 is 9.47 Å². The maximum Gasteiger partial charge on any atom is 0.387 e. The monoisotopic (exact) mass is 462 g/mol. The van der Waals surface area contributed by atoms with Crippen LogP contribution in [0.25, 0.3) is 0 Å². The molecule has 0 aromatic heterocycles.